The molecule has 3 aromatic rings. The van der Waals surface area contributed by atoms with Crippen molar-refractivity contribution in [1.82, 2.24) is 19.3 Å². The second-order valence-electron chi connectivity index (χ2n) is 9.82. The van der Waals surface area contributed by atoms with Gasteiger partial charge in [0.15, 0.2) is 11.2 Å². The number of carbonyl (C=O) groups is 1. The highest BCUT2D eigenvalue weighted by atomic mass is 32.2. The van der Waals surface area contributed by atoms with Crippen molar-refractivity contribution in [2.45, 2.75) is 39.3 Å². The first-order valence-electron chi connectivity index (χ1n) is 13.1. The van der Waals surface area contributed by atoms with E-state index in [1.54, 1.807) is 29.3 Å². The van der Waals surface area contributed by atoms with Gasteiger partial charge in [-0.25, -0.2) is 32.7 Å². The lowest BCUT2D eigenvalue weighted by Crippen LogP contribution is -2.39. The third-order valence-corrected chi connectivity index (χ3v) is 8.90. The van der Waals surface area contributed by atoms with Gasteiger partial charge in [-0.3, -0.25) is 4.72 Å². The van der Waals surface area contributed by atoms with Gasteiger partial charge in [-0.05, 0) is 38.3 Å². The van der Waals surface area contributed by atoms with E-state index in [2.05, 4.69) is 35.1 Å². The highest BCUT2D eigenvalue weighted by Gasteiger charge is 2.25. The molecule has 0 spiro atoms. The fraction of sp³-hybridized carbons (Fsp3) is 0.481. The molecule has 3 N–H and O–H groups in total. The van der Waals surface area contributed by atoms with E-state index in [0.29, 0.717) is 38.2 Å². The van der Waals surface area contributed by atoms with Crippen LogP contribution in [0.1, 0.15) is 38.6 Å². The van der Waals surface area contributed by atoms with Crippen molar-refractivity contribution in [2.24, 2.45) is 0 Å². The maximum Gasteiger partial charge on any atom is 0.340 e. The minimum absolute atomic E-state index is 0.300. The number of thioether (sulfide) groups is 1. The molecule has 2 aromatic heterocycles. The van der Waals surface area contributed by atoms with Crippen molar-refractivity contribution in [3.05, 3.63) is 41.5 Å². The average molecular weight is 625 g/mol. The summed E-state index contributed by atoms with van der Waals surface area (Å²) in [6.45, 7) is 9.58. The molecule has 1 aliphatic rings. The number of carboxylic acid groups (broad SMARTS) is 1. The predicted molar refractivity (Wildman–Crippen MR) is 167 cm³/mol. The van der Waals surface area contributed by atoms with Crippen LogP contribution < -0.4 is 10.0 Å². The number of aliphatic carboxylic acids is 1. The van der Waals surface area contributed by atoms with Crippen LogP contribution in [0.4, 0.5) is 16.0 Å². The van der Waals surface area contributed by atoms with Crippen LogP contribution in [0, 0.1) is 0 Å². The predicted octanol–water partition coefficient (Wildman–Crippen LogP) is 5.31. The number of rotatable bonds is 11. The first kappa shape index (κ1) is 32.9. The number of nitrogens with one attached hydrogen (secondary N) is 2. The molecule has 0 saturated carbocycles. The van der Waals surface area contributed by atoms with E-state index in [1.165, 1.54) is 0 Å². The molecule has 41 heavy (non-hydrogen) atoms. The van der Waals surface area contributed by atoms with E-state index in [-0.39, 0.29) is 0 Å². The Kier molecular flexibility index (Phi) is 12.5. The lowest BCUT2D eigenvalue weighted by Gasteiger charge is -2.25. The number of morpholine rings is 1. The first-order chi connectivity index (χ1) is 19.5. The van der Waals surface area contributed by atoms with Gasteiger partial charge in [0.05, 0.1) is 34.5 Å². The molecule has 1 aliphatic heterocycles. The molecule has 1 fully saturated rings. The molecule has 3 heterocycles. The van der Waals surface area contributed by atoms with Crippen LogP contribution >= 0.6 is 23.1 Å². The summed E-state index contributed by atoms with van der Waals surface area (Å²) in [6, 6.07) is 9.85. The smallest absolute Gasteiger partial charge is 0.340 e. The molecule has 1 aromatic carbocycles. The van der Waals surface area contributed by atoms with E-state index in [0.717, 1.165) is 58.7 Å². The van der Waals surface area contributed by atoms with Gasteiger partial charge in [-0.15, -0.1) is 11.3 Å². The maximum absolute atomic E-state index is 12.8. The lowest BCUT2D eigenvalue weighted by atomic mass is 10.1. The van der Waals surface area contributed by atoms with Gasteiger partial charge in [0.2, 0.25) is 11.6 Å². The zero-order chi connectivity index (χ0) is 30.0. The first-order valence-corrected chi connectivity index (χ1v) is 16.4. The molecule has 0 bridgehead atoms. The number of thiazole rings is 1. The lowest BCUT2D eigenvalue weighted by molar-refractivity contribution is -0.148. The largest absolute Gasteiger partial charge is 0.479 e. The summed E-state index contributed by atoms with van der Waals surface area (Å²) in [5, 5.41) is 12.2. The average Bonchev–Trinajstić information content (AvgIpc) is 3.40. The minimum Gasteiger partial charge on any atom is -0.479 e. The Bertz CT molecular complexity index is 1310. The summed E-state index contributed by atoms with van der Waals surface area (Å²) in [6.07, 6.45) is 3.86. The van der Waals surface area contributed by atoms with Crippen molar-refractivity contribution >= 4 is 51.9 Å². The molecule has 224 valence electrons. The van der Waals surface area contributed by atoms with Crippen LogP contribution in [0.2, 0.25) is 0 Å². The molecular weight excluding hydrogens is 588 g/mol. The number of halogens is 1. The third-order valence-electron chi connectivity index (χ3n) is 5.67. The molecule has 0 aliphatic carbocycles. The number of hydrogen-bond acceptors (Lipinski definition) is 9. The molecule has 10 nitrogen and oxygen atoms in total. The second-order valence-corrected chi connectivity index (χ2v) is 13.1. The number of anilines is 2. The maximum atomic E-state index is 12.8. The quantitative estimate of drug-likeness (QED) is 0.243. The highest BCUT2D eigenvalue weighted by Crippen LogP contribution is 2.39. The summed E-state index contributed by atoms with van der Waals surface area (Å²) in [5.74, 6) is 0.483. The molecule has 14 heteroatoms. The fourth-order valence-electron chi connectivity index (χ4n) is 3.40. The van der Waals surface area contributed by atoms with E-state index in [9.17, 15) is 13.4 Å². The highest BCUT2D eigenvalue weighted by molar-refractivity contribution is 7.98. The Hall–Kier alpha value is -2.65. The minimum atomic E-state index is -2.08. The number of alkyl halides is 1. The topological polar surface area (TPSA) is 130 Å². The number of carboxylic acids is 1. The van der Waals surface area contributed by atoms with Crippen LogP contribution in [0.15, 0.2) is 36.5 Å². The summed E-state index contributed by atoms with van der Waals surface area (Å²) < 4.78 is 35.1. The summed E-state index contributed by atoms with van der Waals surface area (Å²) in [4.78, 5) is 24.8. The van der Waals surface area contributed by atoms with Gasteiger partial charge < -0.3 is 15.2 Å². The molecule has 1 atom stereocenters. The molecule has 0 amide bonds. The van der Waals surface area contributed by atoms with E-state index in [1.807, 2.05) is 34.6 Å². The Morgan fingerprint density at radius 2 is 1.98 bits per heavy atom. The van der Waals surface area contributed by atoms with Crippen molar-refractivity contribution in [3.8, 4) is 21.8 Å². The number of aromatic nitrogens is 3. The molecule has 0 radical (unpaired) electrons. The van der Waals surface area contributed by atoms with Gasteiger partial charge in [-0.1, -0.05) is 26.0 Å². The Balaban J connectivity index is 0.000000587. The third kappa shape index (κ3) is 9.99. The Morgan fingerprint density at radius 1 is 1.27 bits per heavy atom. The van der Waals surface area contributed by atoms with Gasteiger partial charge in [0.1, 0.15) is 0 Å². The fourth-order valence-corrected chi connectivity index (χ4v) is 5.70. The van der Waals surface area contributed by atoms with Crippen LogP contribution in [0.3, 0.4) is 0 Å². The number of nitrogens with zero attached hydrogens (tertiary/aromatic N) is 4. The van der Waals surface area contributed by atoms with Crippen LogP contribution in [0.5, 0.6) is 0 Å². The molecular formula is C27H37FN6O4S3. The van der Waals surface area contributed by atoms with Crippen LogP contribution in [-0.2, 0) is 20.7 Å². The second kappa shape index (κ2) is 15.5. The van der Waals surface area contributed by atoms with Crippen molar-refractivity contribution in [2.75, 3.05) is 54.9 Å². The SMILES string of the molecule is CC(C)(F)C(=O)O.CSCCNc1nccc(-c2sc(C(C)C)nc2-c2cccc(NS(=O)N3CCOCC3)c2)n1. The van der Waals surface area contributed by atoms with Crippen molar-refractivity contribution < 1.29 is 23.2 Å². The summed E-state index contributed by atoms with van der Waals surface area (Å²) in [7, 11) is 0. The standard InChI is InChI=1S/C23H30N6O2S3.C4H7FO2/c1-16(2)22-27-20(21(33-22)19-7-8-24-23(26-19)25-9-14-32-3)17-5-4-6-18(15-17)28-34(30)29-10-12-31-13-11-29;1-4(2,5)3(6)7/h4-8,15-16,28H,9-14H2,1-3H3,(H,24,25,26);1-2H3,(H,6,7). The number of benzene rings is 1. The van der Waals surface area contributed by atoms with Gasteiger partial charge in [0.25, 0.3) is 0 Å². The molecule has 1 saturated heterocycles. The monoisotopic (exact) mass is 624 g/mol. The van der Waals surface area contributed by atoms with Crippen LogP contribution in [-0.4, -0.2) is 85.1 Å². The van der Waals surface area contributed by atoms with Gasteiger partial charge in [0, 0.05) is 48.8 Å². The van der Waals surface area contributed by atoms with E-state index < -0.39 is 22.8 Å². The number of hydrogen-bond donors (Lipinski definition) is 3. The van der Waals surface area contributed by atoms with Crippen LogP contribution in [0.25, 0.3) is 21.8 Å². The summed E-state index contributed by atoms with van der Waals surface area (Å²) >= 11 is 2.12. The van der Waals surface area contributed by atoms with Gasteiger partial charge >= 0.3 is 5.97 Å². The molecule has 4 rings (SSSR count). The molecule has 1 unspecified atom stereocenters. The zero-order valence-corrected chi connectivity index (χ0v) is 26.3. The number of ether oxygens (including phenoxy) is 1. The van der Waals surface area contributed by atoms with E-state index in [4.69, 9.17) is 19.8 Å². The Labute approximate surface area is 251 Å². The van der Waals surface area contributed by atoms with Gasteiger partial charge in [-0.2, -0.15) is 11.8 Å². The van der Waals surface area contributed by atoms with E-state index >= 15 is 0 Å². The summed E-state index contributed by atoms with van der Waals surface area (Å²) in [5.41, 5.74) is 1.38. The Morgan fingerprint density at radius 3 is 2.61 bits per heavy atom. The van der Waals surface area contributed by atoms with Crippen molar-refractivity contribution in [3.63, 3.8) is 0 Å². The van der Waals surface area contributed by atoms with Crippen molar-refractivity contribution in [1.29, 1.82) is 0 Å². The zero-order valence-electron chi connectivity index (χ0n) is 23.8. The normalized spacial score (nSPS) is 14.7.